The number of hydrogen-bond acceptors (Lipinski definition) is 5. The standard InChI is InChI=1S/C21H27FN4O2.ClH/c1-15-2-3-16(14-17(15)22)20-24-18(28-25-20)4-5-19(27)26-12-8-21(9-13-26)6-10-23-11-7-21;/h2-3,14,23H,4-13H2,1H3;1H. The normalized spacial score (nSPS) is 18.5. The first kappa shape index (κ1) is 21.7. The number of nitrogens with zero attached hydrogens (tertiary/aromatic N) is 3. The number of amides is 1. The van der Waals surface area contributed by atoms with E-state index in [0.717, 1.165) is 39.0 Å². The Hall–Kier alpha value is -1.99. The molecule has 8 heteroatoms. The molecule has 2 saturated heterocycles. The molecule has 1 amide bonds. The SMILES string of the molecule is Cc1ccc(-c2noc(CCC(=O)N3CCC4(CCNCC4)CC3)n2)cc1F.Cl. The quantitative estimate of drug-likeness (QED) is 0.816. The van der Waals surface area contributed by atoms with Gasteiger partial charge >= 0.3 is 0 Å². The van der Waals surface area contributed by atoms with E-state index in [1.807, 2.05) is 4.90 Å². The highest BCUT2D eigenvalue weighted by Crippen LogP contribution is 2.39. The molecule has 2 aromatic rings. The molecular formula is C21H28ClFN4O2. The fourth-order valence-corrected chi connectivity index (χ4v) is 4.27. The van der Waals surface area contributed by atoms with Gasteiger partial charge < -0.3 is 14.7 Å². The maximum absolute atomic E-state index is 13.7. The zero-order chi connectivity index (χ0) is 19.6. The average Bonchev–Trinajstić information content (AvgIpc) is 3.18. The summed E-state index contributed by atoms with van der Waals surface area (Å²) < 4.78 is 19.0. The lowest BCUT2D eigenvalue weighted by Gasteiger charge is -2.44. The summed E-state index contributed by atoms with van der Waals surface area (Å²) in [6.45, 7) is 5.59. The lowest BCUT2D eigenvalue weighted by molar-refractivity contribution is -0.133. The van der Waals surface area contributed by atoms with E-state index in [-0.39, 0.29) is 24.1 Å². The van der Waals surface area contributed by atoms with Crippen molar-refractivity contribution in [3.63, 3.8) is 0 Å². The molecule has 0 bridgehead atoms. The zero-order valence-corrected chi connectivity index (χ0v) is 17.6. The summed E-state index contributed by atoms with van der Waals surface area (Å²) in [6.07, 6.45) is 5.41. The molecule has 29 heavy (non-hydrogen) atoms. The van der Waals surface area contributed by atoms with Gasteiger partial charge in [-0.25, -0.2) is 4.39 Å². The van der Waals surface area contributed by atoms with Crippen molar-refractivity contribution in [1.82, 2.24) is 20.4 Å². The van der Waals surface area contributed by atoms with Gasteiger partial charge in [0.2, 0.25) is 17.6 Å². The number of likely N-dealkylation sites (tertiary alicyclic amines) is 1. The van der Waals surface area contributed by atoms with Crippen LogP contribution in [0.15, 0.2) is 22.7 Å². The first-order chi connectivity index (χ1) is 13.5. The van der Waals surface area contributed by atoms with Crippen molar-refractivity contribution in [2.24, 2.45) is 5.41 Å². The Balaban J connectivity index is 0.00000240. The van der Waals surface area contributed by atoms with Crippen molar-refractivity contribution in [1.29, 1.82) is 0 Å². The van der Waals surface area contributed by atoms with E-state index in [2.05, 4.69) is 15.5 Å². The molecule has 2 aliphatic heterocycles. The monoisotopic (exact) mass is 422 g/mol. The van der Waals surface area contributed by atoms with E-state index in [9.17, 15) is 9.18 Å². The number of nitrogens with one attached hydrogen (secondary N) is 1. The Kier molecular flexibility index (Phi) is 6.90. The van der Waals surface area contributed by atoms with E-state index >= 15 is 0 Å². The van der Waals surface area contributed by atoms with Crippen LogP contribution < -0.4 is 5.32 Å². The third kappa shape index (κ3) is 4.95. The smallest absolute Gasteiger partial charge is 0.227 e. The second-order valence-corrected chi connectivity index (χ2v) is 8.11. The average molecular weight is 423 g/mol. The van der Waals surface area contributed by atoms with Crippen LogP contribution in [0.3, 0.4) is 0 Å². The van der Waals surface area contributed by atoms with Gasteiger partial charge in [0.15, 0.2) is 0 Å². The third-order valence-electron chi connectivity index (χ3n) is 6.29. The van der Waals surface area contributed by atoms with Crippen LogP contribution in [0.5, 0.6) is 0 Å². The number of piperidine rings is 2. The van der Waals surface area contributed by atoms with Crippen LogP contribution in [0.25, 0.3) is 11.4 Å². The first-order valence-corrected chi connectivity index (χ1v) is 10.1. The topological polar surface area (TPSA) is 71.3 Å². The van der Waals surface area contributed by atoms with Crippen LogP contribution in [-0.2, 0) is 11.2 Å². The Morgan fingerprint density at radius 1 is 1.24 bits per heavy atom. The van der Waals surface area contributed by atoms with Gasteiger partial charge in [-0.1, -0.05) is 17.3 Å². The van der Waals surface area contributed by atoms with E-state index in [4.69, 9.17) is 4.52 Å². The van der Waals surface area contributed by atoms with Crippen molar-refractivity contribution in [3.8, 4) is 11.4 Å². The number of hydrogen-bond donors (Lipinski definition) is 1. The van der Waals surface area contributed by atoms with Gasteiger partial charge in [-0.2, -0.15) is 4.98 Å². The van der Waals surface area contributed by atoms with Gasteiger partial charge in [0.25, 0.3) is 0 Å². The molecule has 2 aliphatic rings. The molecule has 1 aromatic heterocycles. The molecule has 1 aromatic carbocycles. The molecule has 0 unspecified atom stereocenters. The van der Waals surface area contributed by atoms with E-state index in [1.165, 1.54) is 18.9 Å². The molecule has 0 saturated carbocycles. The summed E-state index contributed by atoms with van der Waals surface area (Å²) in [5.74, 6) is 0.615. The molecule has 2 fully saturated rings. The van der Waals surface area contributed by atoms with Crippen molar-refractivity contribution < 1.29 is 13.7 Å². The summed E-state index contributed by atoms with van der Waals surface area (Å²) in [5, 5.41) is 7.34. The van der Waals surface area contributed by atoms with Gasteiger partial charge in [0.05, 0.1) is 0 Å². The molecule has 0 atom stereocenters. The molecule has 1 spiro atoms. The Morgan fingerprint density at radius 2 is 1.97 bits per heavy atom. The van der Waals surface area contributed by atoms with Gasteiger partial charge in [-0.05, 0) is 62.7 Å². The maximum Gasteiger partial charge on any atom is 0.227 e. The molecule has 3 heterocycles. The Morgan fingerprint density at radius 3 is 2.66 bits per heavy atom. The minimum absolute atomic E-state index is 0. The second kappa shape index (κ2) is 9.22. The molecule has 0 radical (unpaired) electrons. The molecule has 4 rings (SSSR count). The van der Waals surface area contributed by atoms with Crippen molar-refractivity contribution in [3.05, 3.63) is 35.5 Å². The highest BCUT2D eigenvalue weighted by Gasteiger charge is 2.36. The van der Waals surface area contributed by atoms with Crippen LogP contribution in [0.2, 0.25) is 0 Å². The third-order valence-corrected chi connectivity index (χ3v) is 6.29. The van der Waals surface area contributed by atoms with Crippen molar-refractivity contribution in [2.75, 3.05) is 26.2 Å². The minimum atomic E-state index is -0.296. The summed E-state index contributed by atoms with van der Waals surface area (Å²) >= 11 is 0. The largest absolute Gasteiger partial charge is 0.343 e. The summed E-state index contributed by atoms with van der Waals surface area (Å²) in [7, 11) is 0. The van der Waals surface area contributed by atoms with Gasteiger partial charge in [-0.15, -0.1) is 12.4 Å². The van der Waals surface area contributed by atoms with Crippen LogP contribution in [0.1, 0.15) is 43.6 Å². The first-order valence-electron chi connectivity index (χ1n) is 10.1. The molecule has 1 N–H and O–H groups in total. The van der Waals surface area contributed by atoms with Crippen molar-refractivity contribution in [2.45, 2.75) is 45.4 Å². The predicted octanol–water partition coefficient (Wildman–Crippen LogP) is 3.53. The van der Waals surface area contributed by atoms with E-state index in [0.29, 0.717) is 41.1 Å². The Bertz CT molecular complexity index is 841. The van der Waals surface area contributed by atoms with E-state index in [1.54, 1.807) is 19.1 Å². The zero-order valence-electron chi connectivity index (χ0n) is 16.7. The van der Waals surface area contributed by atoms with Gasteiger partial charge in [0, 0.05) is 31.5 Å². The van der Waals surface area contributed by atoms with Crippen molar-refractivity contribution >= 4 is 18.3 Å². The summed E-state index contributed by atoms with van der Waals surface area (Å²) in [5.41, 5.74) is 1.59. The number of aromatic nitrogens is 2. The molecule has 158 valence electrons. The number of benzene rings is 1. The number of carbonyl (C=O) groups is 1. The fraction of sp³-hybridized carbons (Fsp3) is 0.571. The van der Waals surface area contributed by atoms with Gasteiger partial charge in [-0.3, -0.25) is 4.79 Å². The lowest BCUT2D eigenvalue weighted by atomic mass is 9.71. The van der Waals surface area contributed by atoms with Crippen LogP contribution in [0, 0.1) is 18.2 Å². The maximum atomic E-state index is 13.7. The predicted molar refractivity (Wildman–Crippen MR) is 110 cm³/mol. The summed E-state index contributed by atoms with van der Waals surface area (Å²) in [6, 6.07) is 4.86. The second-order valence-electron chi connectivity index (χ2n) is 8.11. The summed E-state index contributed by atoms with van der Waals surface area (Å²) in [4.78, 5) is 18.9. The highest BCUT2D eigenvalue weighted by molar-refractivity contribution is 5.85. The number of carbonyl (C=O) groups excluding carboxylic acids is 1. The lowest BCUT2D eigenvalue weighted by Crippen LogP contribution is -2.47. The number of aryl methyl sites for hydroxylation is 2. The fourth-order valence-electron chi connectivity index (χ4n) is 4.27. The molecular weight excluding hydrogens is 395 g/mol. The van der Waals surface area contributed by atoms with Crippen LogP contribution >= 0.6 is 12.4 Å². The van der Waals surface area contributed by atoms with Crippen LogP contribution in [0.4, 0.5) is 4.39 Å². The minimum Gasteiger partial charge on any atom is -0.343 e. The number of halogens is 2. The molecule has 0 aliphatic carbocycles. The van der Waals surface area contributed by atoms with Crippen LogP contribution in [-0.4, -0.2) is 47.1 Å². The highest BCUT2D eigenvalue weighted by atomic mass is 35.5. The Labute approximate surface area is 176 Å². The van der Waals surface area contributed by atoms with Gasteiger partial charge in [0.1, 0.15) is 5.82 Å². The molecule has 6 nitrogen and oxygen atoms in total. The van der Waals surface area contributed by atoms with E-state index < -0.39 is 0 Å². The number of rotatable bonds is 4.